The fourth-order valence-corrected chi connectivity index (χ4v) is 1.83. The van der Waals surface area contributed by atoms with Crippen LogP contribution in [0.1, 0.15) is 11.6 Å². The first kappa shape index (κ1) is 14.2. The van der Waals surface area contributed by atoms with Gasteiger partial charge in [0.15, 0.2) is 0 Å². The molecule has 1 saturated heterocycles. The number of carbonyl (C=O) groups excluding carboxylic acids is 1. The average molecular weight is 284 g/mol. The predicted molar refractivity (Wildman–Crippen MR) is 64.2 cm³/mol. The second-order valence-electron chi connectivity index (χ2n) is 4.03. The van der Waals surface area contributed by atoms with Crippen LogP contribution in [0.15, 0.2) is 24.3 Å². The fraction of sp³-hybridized carbons (Fsp3) is 0.273. The zero-order valence-electron chi connectivity index (χ0n) is 10.5. The molecule has 0 spiro atoms. The van der Waals surface area contributed by atoms with Crippen molar-refractivity contribution in [1.29, 1.82) is 0 Å². The second kappa shape index (κ2) is 5.82. The number of ether oxygens (including phenoxy) is 1. The molecule has 1 fully saturated rings. The van der Waals surface area contributed by atoms with Gasteiger partial charge in [-0.2, -0.15) is 5.12 Å². The second-order valence-corrected chi connectivity index (χ2v) is 4.03. The SMILES string of the molecule is COC(=O)C1NNN(C(=O)O)NC1c1ccc(F)cc1. The van der Waals surface area contributed by atoms with Crippen LogP contribution < -0.4 is 16.4 Å². The standard InChI is InChI=1S/C11H13FN4O4/c1-20-10(17)9-8(6-2-4-7(12)5-3-6)14-16(11(18)19)15-13-9/h2-5,8-9,13-15H,1H3,(H,18,19). The number of rotatable bonds is 2. The average Bonchev–Trinajstić information content (AvgIpc) is 2.46. The lowest BCUT2D eigenvalue weighted by Gasteiger charge is -2.37. The van der Waals surface area contributed by atoms with Crippen LogP contribution in [-0.2, 0) is 9.53 Å². The monoisotopic (exact) mass is 284 g/mol. The predicted octanol–water partition coefficient (Wildman–Crippen LogP) is -0.0842. The number of carboxylic acid groups (broad SMARTS) is 1. The Kier molecular flexibility index (Phi) is 4.13. The molecule has 1 aliphatic rings. The Balaban J connectivity index is 2.27. The Morgan fingerprint density at radius 2 is 2.00 bits per heavy atom. The number of nitrogens with zero attached hydrogens (tertiary/aromatic N) is 1. The van der Waals surface area contributed by atoms with Crippen LogP contribution in [0.2, 0.25) is 0 Å². The Morgan fingerprint density at radius 1 is 1.35 bits per heavy atom. The van der Waals surface area contributed by atoms with Gasteiger partial charge in [0.2, 0.25) is 0 Å². The number of halogens is 1. The fourth-order valence-electron chi connectivity index (χ4n) is 1.83. The van der Waals surface area contributed by atoms with Gasteiger partial charge >= 0.3 is 12.1 Å². The van der Waals surface area contributed by atoms with Crippen molar-refractivity contribution in [2.45, 2.75) is 12.1 Å². The number of carbonyl (C=O) groups is 2. The van der Waals surface area contributed by atoms with Crippen LogP contribution in [0, 0.1) is 5.82 Å². The Bertz CT molecular complexity index is 510. The molecule has 8 nitrogen and oxygen atoms in total. The molecule has 0 radical (unpaired) electrons. The molecule has 1 aromatic carbocycles. The van der Waals surface area contributed by atoms with Crippen molar-refractivity contribution < 1.29 is 23.8 Å². The Labute approximate surface area is 113 Å². The number of hydrogen-bond acceptors (Lipinski definition) is 6. The number of hydrogen-bond donors (Lipinski definition) is 4. The molecule has 1 heterocycles. The highest BCUT2D eigenvalue weighted by Gasteiger charge is 2.37. The molecule has 20 heavy (non-hydrogen) atoms. The van der Waals surface area contributed by atoms with Gasteiger partial charge in [-0.25, -0.2) is 20.0 Å². The van der Waals surface area contributed by atoms with Gasteiger partial charge in [0, 0.05) is 0 Å². The van der Waals surface area contributed by atoms with Crippen molar-refractivity contribution >= 4 is 12.1 Å². The van der Waals surface area contributed by atoms with Crippen molar-refractivity contribution in [2.24, 2.45) is 0 Å². The lowest BCUT2D eigenvalue weighted by atomic mass is 10.00. The molecule has 2 rings (SSSR count). The molecule has 1 aromatic rings. The summed E-state index contributed by atoms with van der Waals surface area (Å²) in [6, 6.07) is 3.74. The van der Waals surface area contributed by atoms with E-state index in [9.17, 15) is 14.0 Å². The highest BCUT2D eigenvalue weighted by Crippen LogP contribution is 2.20. The quantitative estimate of drug-likeness (QED) is 0.563. The first-order valence-corrected chi connectivity index (χ1v) is 5.66. The van der Waals surface area contributed by atoms with E-state index < -0.39 is 30.0 Å². The third-order valence-corrected chi connectivity index (χ3v) is 2.81. The largest absolute Gasteiger partial charge is 0.468 e. The van der Waals surface area contributed by atoms with E-state index in [1.165, 1.54) is 31.4 Å². The molecule has 0 aliphatic carbocycles. The van der Waals surface area contributed by atoms with Crippen LogP contribution in [0.4, 0.5) is 9.18 Å². The van der Waals surface area contributed by atoms with Crippen LogP contribution >= 0.6 is 0 Å². The maximum absolute atomic E-state index is 12.9. The van der Waals surface area contributed by atoms with Crippen LogP contribution in [0.5, 0.6) is 0 Å². The number of nitrogens with one attached hydrogen (secondary N) is 3. The Morgan fingerprint density at radius 3 is 2.55 bits per heavy atom. The smallest absolute Gasteiger partial charge is 0.438 e. The summed E-state index contributed by atoms with van der Waals surface area (Å²) < 4.78 is 17.6. The summed E-state index contributed by atoms with van der Waals surface area (Å²) in [4.78, 5) is 22.6. The van der Waals surface area contributed by atoms with E-state index in [4.69, 9.17) is 5.11 Å². The summed E-state index contributed by atoms with van der Waals surface area (Å²) in [5.74, 6) is -1.02. The van der Waals surface area contributed by atoms with E-state index in [2.05, 4.69) is 21.1 Å². The van der Waals surface area contributed by atoms with Gasteiger partial charge in [0.05, 0.1) is 13.2 Å². The molecule has 4 N–H and O–H groups in total. The molecular formula is C11H13FN4O4. The highest BCUT2D eigenvalue weighted by molar-refractivity contribution is 5.77. The van der Waals surface area contributed by atoms with Crippen molar-refractivity contribution in [2.75, 3.05) is 7.11 Å². The summed E-state index contributed by atoms with van der Waals surface area (Å²) in [6.45, 7) is 0. The molecule has 108 valence electrons. The first-order valence-electron chi connectivity index (χ1n) is 5.66. The summed E-state index contributed by atoms with van der Waals surface area (Å²) in [5.41, 5.74) is 7.94. The van der Waals surface area contributed by atoms with Gasteiger partial charge in [-0.3, -0.25) is 4.79 Å². The highest BCUT2D eigenvalue weighted by atomic mass is 19.1. The van der Waals surface area contributed by atoms with E-state index in [0.717, 1.165) is 0 Å². The minimum atomic E-state index is -1.30. The third-order valence-electron chi connectivity index (χ3n) is 2.81. The number of esters is 1. The minimum Gasteiger partial charge on any atom is -0.468 e. The molecule has 1 aliphatic heterocycles. The maximum atomic E-state index is 12.9. The van der Waals surface area contributed by atoms with Crippen molar-refractivity contribution in [3.63, 3.8) is 0 Å². The third kappa shape index (κ3) is 2.85. The molecule has 0 aromatic heterocycles. The molecule has 9 heteroatoms. The van der Waals surface area contributed by atoms with Crippen LogP contribution in [0.3, 0.4) is 0 Å². The summed E-state index contributed by atoms with van der Waals surface area (Å²) in [7, 11) is 1.22. The lowest BCUT2D eigenvalue weighted by Crippen LogP contribution is -2.69. The van der Waals surface area contributed by atoms with Gasteiger partial charge in [-0.15, -0.1) is 5.53 Å². The molecule has 2 unspecified atom stereocenters. The zero-order chi connectivity index (χ0) is 14.7. The normalized spacial score (nSPS) is 22.4. The summed E-state index contributed by atoms with van der Waals surface area (Å²) in [5, 5.41) is 9.57. The van der Waals surface area contributed by atoms with Gasteiger partial charge < -0.3 is 9.84 Å². The number of methoxy groups -OCH3 is 1. The first-order chi connectivity index (χ1) is 9.52. The number of benzene rings is 1. The molecule has 2 atom stereocenters. The maximum Gasteiger partial charge on any atom is 0.438 e. The van der Waals surface area contributed by atoms with Gasteiger partial charge in [0.25, 0.3) is 0 Å². The van der Waals surface area contributed by atoms with E-state index >= 15 is 0 Å². The van der Waals surface area contributed by atoms with E-state index in [1.54, 1.807) is 0 Å². The van der Waals surface area contributed by atoms with Crippen LogP contribution in [0.25, 0.3) is 0 Å². The van der Waals surface area contributed by atoms with E-state index in [0.29, 0.717) is 10.7 Å². The number of hydrazine groups is 3. The lowest BCUT2D eigenvalue weighted by molar-refractivity contribution is -0.148. The number of amides is 1. The van der Waals surface area contributed by atoms with Crippen molar-refractivity contribution in [3.05, 3.63) is 35.6 Å². The zero-order valence-corrected chi connectivity index (χ0v) is 10.5. The molecule has 0 bridgehead atoms. The van der Waals surface area contributed by atoms with Gasteiger partial charge in [0.1, 0.15) is 11.9 Å². The van der Waals surface area contributed by atoms with Crippen LogP contribution in [-0.4, -0.2) is 35.4 Å². The van der Waals surface area contributed by atoms with E-state index in [-0.39, 0.29) is 0 Å². The van der Waals surface area contributed by atoms with Crippen molar-refractivity contribution in [3.8, 4) is 0 Å². The molecule has 1 amide bonds. The van der Waals surface area contributed by atoms with Gasteiger partial charge in [-0.1, -0.05) is 12.1 Å². The molecule has 0 saturated carbocycles. The minimum absolute atomic E-state index is 0.430. The van der Waals surface area contributed by atoms with Gasteiger partial charge in [-0.05, 0) is 17.7 Å². The topological polar surface area (TPSA) is 103 Å². The summed E-state index contributed by atoms with van der Waals surface area (Å²) >= 11 is 0. The Hall–Kier alpha value is -2.23. The van der Waals surface area contributed by atoms with E-state index in [1.807, 2.05) is 0 Å². The van der Waals surface area contributed by atoms with Crippen molar-refractivity contribution in [1.82, 2.24) is 21.5 Å². The summed E-state index contributed by atoms with van der Waals surface area (Å²) in [6.07, 6.45) is -1.30. The molecular weight excluding hydrogens is 271 g/mol.